The minimum absolute atomic E-state index is 0.118. The summed E-state index contributed by atoms with van der Waals surface area (Å²) >= 11 is 12.1. The zero-order chi connectivity index (χ0) is 13.8. The van der Waals surface area contributed by atoms with Crippen LogP contribution in [-0.4, -0.2) is 4.57 Å². The maximum Gasteiger partial charge on any atom is 0.0485 e. The fourth-order valence-electron chi connectivity index (χ4n) is 2.10. The van der Waals surface area contributed by atoms with Gasteiger partial charge in [0.1, 0.15) is 0 Å². The van der Waals surface area contributed by atoms with E-state index in [4.69, 9.17) is 28.9 Å². The van der Waals surface area contributed by atoms with E-state index in [-0.39, 0.29) is 6.04 Å². The van der Waals surface area contributed by atoms with Crippen LogP contribution in [0.1, 0.15) is 36.9 Å². The Bertz CT molecular complexity index is 549. The third-order valence-corrected chi connectivity index (χ3v) is 3.76. The van der Waals surface area contributed by atoms with Crippen LogP contribution >= 0.6 is 23.2 Å². The quantitative estimate of drug-likeness (QED) is 0.856. The number of aromatic nitrogens is 1. The van der Waals surface area contributed by atoms with E-state index in [0.29, 0.717) is 10.0 Å². The molecule has 2 rings (SSSR count). The number of rotatable bonds is 5. The Balaban J connectivity index is 2.11. The molecule has 0 amide bonds. The molecule has 1 heterocycles. The third kappa shape index (κ3) is 3.75. The molecule has 0 fully saturated rings. The average molecular weight is 297 g/mol. The lowest BCUT2D eigenvalue weighted by Gasteiger charge is -2.08. The topological polar surface area (TPSA) is 30.9 Å². The fourth-order valence-corrected chi connectivity index (χ4v) is 2.57. The van der Waals surface area contributed by atoms with Gasteiger partial charge in [-0.05, 0) is 35.7 Å². The molecule has 1 aromatic heterocycles. The van der Waals surface area contributed by atoms with Gasteiger partial charge in [-0.2, -0.15) is 0 Å². The number of benzene rings is 1. The van der Waals surface area contributed by atoms with Crippen molar-refractivity contribution in [3.8, 4) is 0 Å². The first kappa shape index (κ1) is 14.4. The molecule has 1 aromatic carbocycles. The zero-order valence-electron chi connectivity index (χ0n) is 10.9. The highest BCUT2D eigenvalue weighted by Crippen LogP contribution is 2.23. The standard InChI is InChI=1S/C15H18Cl2N2/c1-2-3-15(18)12-6-7-19(10-12)9-11-4-5-13(16)8-14(11)17/h4-8,10,15H,2-3,9,18H2,1H3. The summed E-state index contributed by atoms with van der Waals surface area (Å²) in [5.74, 6) is 0. The molecule has 2 aromatic rings. The van der Waals surface area contributed by atoms with E-state index in [1.54, 1.807) is 6.07 Å². The second-order valence-electron chi connectivity index (χ2n) is 4.75. The maximum absolute atomic E-state index is 6.18. The molecule has 1 unspecified atom stereocenters. The molecule has 0 saturated carbocycles. The summed E-state index contributed by atoms with van der Waals surface area (Å²) in [6.07, 6.45) is 6.22. The molecule has 0 spiro atoms. The van der Waals surface area contributed by atoms with Gasteiger partial charge in [0.2, 0.25) is 0 Å². The van der Waals surface area contributed by atoms with E-state index >= 15 is 0 Å². The van der Waals surface area contributed by atoms with Crippen molar-refractivity contribution in [3.63, 3.8) is 0 Å². The molecule has 102 valence electrons. The predicted molar refractivity (Wildman–Crippen MR) is 81.8 cm³/mol. The number of hydrogen-bond acceptors (Lipinski definition) is 1. The Morgan fingerprint density at radius 1 is 1.26 bits per heavy atom. The van der Waals surface area contributed by atoms with Gasteiger partial charge in [-0.15, -0.1) is 0 Å². The van der Waals surface area contributed by atoms with Crippen molar-refractivity contribution in [1.82, 2.24) is 4.57 Å². The van der Waals surface area contributed by atoms with Gasteiger partial charge in [0.05, 0.1) is 0 Å². The molecule has 2 N–H and O–H groups in total. The lowest BCUT2D eigenvalue weighted by molar-refractivity contribution is 0.636. The summed E-state index contributed by atoms with van der Waals surface area (Å²) in [5, 5.41) is 1.35. The van der Waals surface area contributed by atoms with Gasteiger partial charge in [0.25, 0.3) is 0 Å². The van der Waals surface area contributed by atoms with Crippen LogP contribution < -0.4 is 5.73 Å². The molecule has 1 atom stereocenters. The van der Waals surface area contributed by atoms with E-state index in [0.717, 1.165) is 24.9 Å². The number of halogens is 2. The van der Waals surface area contributed by atoms with E-state index < -0.39 is 0 Å². The van der Waals surface area contributed by atoms with Gasteiger partial charge in [0, 0.05) is 35.0 Å². The van der Waals surface area contributed by atoms with Crippen LogP contribution in [0, 0.1) is 0 Å². The van der Waals surface area contributed by atoms with Crippen molar-refractivity contribution in [2.24, 2.45) is 5.73 Å². The van der Waals surface area contributed by atoms with Crippen LogP contribution in [0.4, 0.5) is 0 Å². The van der Waals surface area contributed by atoms with Crippen molar-refractivity contribution < 1.29 is 0 Å². The Kier molecular flexibility index (Phi) is 4.92. The molecule has 4 heteroatoms. The summed E-state index contributed by atoms with van der Waals surface area (Å²) in [4.78, 5) is 0. The second kappa shape index (κ2) is 6.47. The first-order chi connectivity index (χ1) is 9.10. The Morgan fingerprint density at radius 3 is 2.74 bits per heavy atom. The van der Waals surface area contributed by atoms with Crippen LogP contribution in [-0.2, 0) is 6.54 Å². The summed E-state index contributed by atoms with van der Waals surface area (Å²) < 4.78 is 2.10. The van der Waals surface area contributed by atoms with Gasteiger partial charge < -0.3 is 10.3 Å². The van der Waals surface area contributed by atoms with Crippen LogP contribution in [0.25, 0.3) is 0 Å². The zero-order valence-corrected chi connectivity index (χ0v) is 12.5. The van der Waals surface area contributed by atoms with E-state index in [9.17, 15) is 0 Å². The Morgan fingerprint density at radius 2 is 2.05 bits per heavy atom. The number of nitrogens with zero attached hydrogens (tertiary/aromatic N) is 1. The van der Waals surface area contributed by atoms with Gasteiger partial charge in [0.15, 0.2) is 0 Å². The molecular weight excluding hydrogens is 279 g/mol. The lowest BCUT2D eigenvalue weighted by Crippen LogP contribution is -2.08. The van der Waals surface area contributed by atoms with E-state index in [1.165, 1.54) is 5.56 Å². The van der Waals surface area contributed by atoms with Gasteiger partial charge in [-0.1, -0.05) is 42.6 Å². The normalized spacial score (nSPS) is 12.6. The molecule has 0 radical (unpaired) electrons. The highest BCUT2D eigenvalue weighted by Gasteiger charge is 2.07. The molecule has 2 nitrogen and oxygen atoms in total. The van der Waals surface area contributed by atoms with Gasteiger partial charge in [-0.3, -0.25) is 0 Å². The summed E-state index contributed by atoms with van der Waals surface area (Å²) in [7, 11) is 0. The molecule has 0 aliphatic carbocycles. The van der Waals surface area contributed by atoms with Crippen molar-refractivity contribution in [1.29, 1.82) is 0 Å². The monoisotopic (exact) mass is 296 g/mol. The first-order valence-electron chi connectivity index (χ1n) is 6.45. The van der Waals surface area contributed by atoms with Gasteiger partial charge in [-0.25, -0.2) is 0 Å². The average Bonchev–Trinajstić information content (AvgIpc) is 2.82. The molecule has 0 aliphatic heterocycles. The first-order valence-corrected chi connectivity index (χ1v) is 7.21. The Hall–Kier alpha value is -0.960. The molecule has 19 heavy (non-hydrogen) atoms. The van der Waals surface area contributed by atoms with Crippen molar-refractivity contribution in [2.45, 2.75) is 32.4 Å². The number of hydrogen-bond donors (Lipinski definition) is 1. The molecule has 0 saturated heterocycles. The Labute approximate surface area is 124 Å². The minimum atomic E-state index is 0.118. The SMILES string of the molecule is CCCC(N)c1ccn(Cc2ccc(Cl)cc2Cl)c1. The van der Waals surface area contributed by atoms with Crippen molar-refractivity contribution in [2.75, 3.05) is 0 Å². The van der Waals surface area contributed by atoms with Crippen molar-refractivity contribution in [3.05, 3.63) is 57.8 Å². The summed E-state index contributed by atoms with van der Waals surface area (Å²) in [6, 6.07) is 7.77. The van der Waals surface area contributed by atoms with E-state index in [1.807, 2.05) is 18.3 Å². The van der Waals surface area contributed by atoms with E-state index in [2.05, 4.69) is 23.8 Å². The van der Waals surface area contributed by atoms with Crippen LogP contribution in [0.5, 0.6) is 0 Å². The lowest BCUT2D eigenvalue weighted by atomic mass is 10.1. The smallest absolute Gasteiger partial charge is 0.0485 e. The summed E-state index contributed by atoms with van der Waals surface area (Å²) in [6.45, 7) is 2.87. The number of nitrogens with two attached hydrogens (primary N) is 1. The van der Waals surface area contributed by atoms with Crippen LogP contribution in [0.2, 0.25) is 10.0 Å². The predicted octanol–water partition coefficient (Wildman–Crippen LogP) is 4.64. The fraction of sp³-hybridized carbons (Fsp3) is 0.333. The van der Waals surface area contributed by atoms with Gasteiger partial charge >= 0.3 is 0 Å². The molecule has 0 aliphatic rings. The summed E-state index contributed by atoms with van der Waals surface area (Å²) in [5.41, 5.74) is 8.33. The molecular formula is C15H18Cl2N2. The highest BCUT2D eigenvalue weighted by molar-refractivity contribution is 6.35. The van der Waals surface area contributed by atoms with Crippen LogP contribution in [0.3, 0.4) is 0 Å². The third-order valence-electron chi connectivity index (χ3n) is 3.17. The maximum atomic E-state index is 6.18. The highest BCUT2D eigenvalue weighted by atomic mass is 35.5. The van der Waals surface area contributed by atoms with Crippen molar-refractivity contribution >= 4 is 23.2 Å². The molecule has 0 bridgehead atoms. The largest absolute Gasteiger partial charge is 0.350 e. The van der Waals surface area contributed by atoms with Crippen LogP contribution in [0.15, 0.2) is 36.7 Å². The second-order valence-corrected chi connectivity index (χ2v) is 5.59. The minimum Gasteiger partial charge on any atom is -0.350 e.